The monoisotopic (exact) mass is 228 g/mol. The Morgan fingerprint density at radius 1 is 1.60 bits per heavy atom. The van der Waals surface area contributed by atoms with Gasteiger partial charge in [0.15, 0.2) is 6.10 Å². The fourth-order valence-corrected chi connectivity index (χ4v) is 1.28. The summed E-state index contributed by atoms with van der Waals surface area (Å²) < 4.78 is 5.30. The summed E-state index contributed by atoms with van der Waals surface area (Å²) in [5.41, 5.74) is 0.870. The molecule has 1 unspecified atom stereocenters. The van der Waals surface area contributed by atoms with Crippen LogP contribution in [0.1, 0.15) is 18.9 Å². The van der Waals surface area contributed by atoms with Crippen molar-refractivity contribution < 1.29 is 14.6 Å². The van der Waals surface area contributed by atoms with E-state index in [-0.39, 0.29) is 0 Å². The zero-order chi connectivity index (χ0) is 11.4. The molecular formula is C11H13ClO3. The molecule has 1 aromatic rings. The molecule has 0 saturated carbocycles. The van der Waals surface area contributed by atoms with Gasteiger partial charge >= 0.3 is 5.97 Å². The molecule has 4 heteroatoms. The van der Waals surface area contributed by atoms with Crippen LogP contribution in [0, 0.1) is 6.92 Å². The summed E-state index contributed by atoms with van der Waals surface area (Å²) in [6.07, 6.45) is -0.373. The summed E-state index contributed by atoms with van der Waals surface area (Å²) in [5.74, 6) is -0.420. The van der Waals surface area contributed by atoms with Crippen LogP contribution in [0.5, 0.6) is 5.75 Å². The molecule has 1 N–H and O–H groups in total. The second-order valence-corrected chi connectivity index (χ2v) is 3.67. The third-order valence-electron chi connectivity index (χ3n) is 2.05. The summed E-state index contributed by atoms with van der Waals surface area (Å²) in [7, 11) is 0. The molecule has 15 heavy (non-hydrogen) atoms. The number of benzene rings is 1. The zero-order valence-electron chi connectivity index (χ0n) is 8.66. The van der Waals surface area contributed by atoms with Gasteiger partial charge in [0.25, 0.3) is 0 Å². The lowest BCUT2D eigenvalue weighted by atomic mass is 10.2. The molecule has 0 saturated heterocycles. The van der Waals surface area contributed by atoms with Gasteiger partial charge in [-0.25, -0.2) is 4.79 Å². The van der Waals surface area contributed by atoms with E-state index in [9.17, 15) is 4.79 Å². The minimum absolute atomic E-state index is 0.428. The molecule has 0 amide bonds. The Bertz CT molecular complexity index is 363. The van der Waals surface area contributed by atoms with Crippen LogP contribution >= 0.6 is 11.6 Å². The summed E-state index contributed by atoms with van der Waals surface area (Å²) in [4.78, 5) is 10.7. The Morgan fingerprint density at radius 2 is 2.27 bits per heavy atom. The van der Waals surface area contributed by atoms with Crippen molar-refractivity contribution in [1.29, 1.82) is 0 Å². The second-order valence-electron chi connectivity index (χ2n) is 3.26. The van der Waals surface area contributed by atoms with Gasteiger partial charge in [-0.05, 0) is 37.1 Å². The molecule has 0 radical (unpaired) electrons. The van der Waals surface area contributed by atoms with Crippen molar-refractivity contribution in [2.24, 2.45) is 0 Å². The van der Waals surface area contributed by atoms with E-state index in [1.165, 1.54) is 0 Å². The van der Waals surface area contributed by atoms with Gasteiger partial charge in [0, 0.05) is 5.02 Å². The van der Waals surface area contributed by atoms with Gasteiger partial charge in [-0.3, -0.25) is 0 Å². The van der Waals surface area contributed by atoms with E-state index in [4.69, 9.17) is 21.4 Å². The van der Waals surface area contributed by atoms with E-state index in [1.807, 2.05) is 6.92 Å². The van der Waals surface area contributed by atoms with Crippen molar-refractivity contribution in [2.45, 2.75) is 26.4 Å². The number of rotatable bonds is 4. The zero-order valence-corrected chi connectivity index (χ0v) is 9.41. The highest BCUT2D eigenvalue weighted by molar-refractivity contribution is 6.31. The van der Waals surface area contributed by atoms with Crippen LogP contribution in [0.2, 0.25) is 5.02 Å². The fourth-order valence-electron chi connectivity index (χ4n) is 1.16. The van der Waals surface area contributed by atoms with Gasteiger partial charge in [-0.15, -0.1) is 0 Å². The van der Waals surface area contributed by atoms with Gasteiger partial charge in [0.05, 0.1) is 0 Å². The summed E-state index contributed by atoms with van der Waals surface area (Å²) in [6.45, 7) is 3.61. The van der Waals surface area contributed by atoms with Crippen molar-refractivity contribution in [2.75, 3.05) is 0 Å². The lowest BCUT2D eigenvalue weighted by Gasteiger charge is -2.13. The number of aliphatic carboxylic acids is 1. The summed E-state index contributed by atoms with van der Waals surface area (Å²) >= 11 is 5.84. The van der Waals surface area contributed by atoms with Gasteiger partial charge in [-0.2, -0.15) is 0 Å². The van der Waals surface area contributed by atoms with E-state index in [0.717, 1.165) is 5.56 Å². The van der Waals surface area contributed by atoms with Crippen LogP contribution in [-0.2, 0) is 4.79 Å². The molecule has 0 spiro atoms. The Labute approximate surface area is 93.6 Å². The van der Waals surface area contributed by atoms with Crippen LogP contribution in [0.3, 0.4) is 0 Å². The van der Waals surface area contributed by atoms with Crippen molar-refractivity contribution >= 4 is 17.6 Å². The Balaban J connectivity index is 2.80. The molecule has 0 heterocycles. The predicted molar refractivity (Wildman–Crippen MR) is 58.5 cm³/mol. The fraction of sp³-hybridized carbons (Fsp3) is 0.364. The van der Waals surface area contributed by atoms with Crippen molar-refractivity contribution in [3.8, 4) is 5.75 Å². The van der Waals surface area contributed by atoms with E-state index in [0.29, 0.717) is 17.2 Å². The van der Waals surface area contributed by atoms with E-state index in [2.05, 4.69) is 0 Å². The Morgan fingerprint density at radius 3 is 2.73 bits per heavy atom. The number of carbonyl (C=O) groups is 1. The highest BCUT2D eigenvalue weighted by atomic mass is 35.5. The van der Waals surface area contributed by atoms with E-state index >= 15 is 0 Å². The highest BCUT2D eigenvalue weighted by Crippen LogP contribution is 2.22. The van der Waals surface area contributed by atoms with Crippen LogP contribution in [0.4, 0.5) is 0 Å². The molecule has 0 aliphatic carbocycles. The molecule has 0 aromatic heterocycles. The quantitative estimate of drug-likeness (QED) is 0.862. The molecule has 0 fully saturated rings. The maximum absolute atomic E-state index is 10.7. The molecule has 1 atom stereocenters. The first-order chi connectivity index (χ1) is 7.04. The molecule has 1 rings (SSSR count). The first-order valence-corrected chi connectivity index (χ1v) is 5.08. The van der Waals surface area contributed by atoms with Gasteiger partial charge < -0.3 is 9.84 Å². The third-order valence-corrected chi connectivity index (χ3v) is 2.48. The number of carboxylic acids is 1. The number of hydrogen-bond donors (Lipinski definition) is 1. The average molecular weight is 229 g/mol. The third kappa shape index (κ3) is 3.13. The van der Waals surface area contributed by atoms with Crippen LogP contribution in [0.15, 0.2) is 18.2 Å². The Kier molecular flexibility index (Phi) is 3.97. The maximum Gasteiger partial charge on any atom is 0.344 e. The first kappa shape index (κ1) is 11.9. The molecule has 0 aliphatic heterocycles. The van der Waals surface area contributed by atoms with Crippen molar-refractivity contribution in [3.05, 3.63) is 28.8 Å². The van der Waals surface area contributed by atoms with Crippen LogP contribution < -0.4 is 4.74 Å². The average Bonchev–Trinajstić information content (AvgIpc) is 2.19. The van der Waals surface area contributed by atoms with Gasteiger partial charge in [0.1, 0.15) is 5.75 Å². The van der Waals surface area contributed by atoms with Crippen LogP contribution in [-0.4, -0.2) is 17.2 Å². The highest BCUT2D eigenvalue weighted by Gasteiger charge is 2.16. The normalized spacial score (nSPS) is 12.2. The van der Waals surface area contributed by atoms with Crippen LogP contribution in [0.25, 0.3) is 0 Å². The lowest BCUT2D eigenvalue weighted by Crippen LogP contribution is -2.25. The molecular weight excluding hydrogens is 216 g/mol. The second kappa shape index (κ2) is 5.03. The standard InChI is InChI=1S/C11H13ClO3/c1-3-10(11(13)14)15-8-4-5-9(12)7(2)6-8/h4-6,10H,3H2,1-2H3,(H,13,14). The summed E-state index contributed by atoms with van der Waals surface area (Å²) in [6, 6.07) is 5.09. The molecule has 0 aliphatic rings. The number of aryl methyl sites for hydroxylation is 1. The van der Waals surface area contributed by atoms with E-state index < -0.39 is 12.1 Å². The molecule has 1 aromatic carbocycles. The Hall–Kier alpha value is -1.22. The number of carboxylic acid groups (broad SMARTS) is 1. The SMILES string of the molecule is CCC(Oc1ccc(Cl)c(C)c1)C(=O)O. The lowest BCUT2D eigenvalue weighted by molar-refractivity contribution is -0.145. The minimum Gasteiger partial charge on any atom is -0.479 e. The van der Waals surface area contributed by atoms with Crippen molar-refractivity contribution in [3.63, 3.8) is 0 Å². The summed E-state index contributed by atoms with van der Waals surface area (Å²) in [5, 5.41) is 9.45. The smallest absolute Gasteiger partial charge is 0.344 e. The minimum atomic E-state index is -0.954. The van der Waals surface area contributed by atoms with Crippen molar-refractivity contribution in [1.82, 2.24) is 0 Å². The first-order valence-electron chi connectivity index (χ1n) is 4.70. The number of ether oxygens (including phenoxy) is 1. The topological polar surface area (TPSA) is 46.5 Å². The molecule has 3 nitrogen and oxygen atoms in total. The van der Waals surface area contributed by atoms with E-state index in [1.54, 1.807) is 25.1 Å². The number of halogens is 1. The van der Waals surface area contributed by atoms with Gasteiger partial charge in [-0.1, -0.05) is 18.5 Å². The molecule has 0 bridgehead atoms. The number of hydrogen-bond acceptors (Lipinski definition) is 2. The largest absolute Gasteiger partial charge is 0.479 e. The maximum atomic E-state index is 10.7. The molecule has 82 valence electrons. The predicted octanol–water partition coefficient (Wildman–Crippen LogP) is 2.89. The van der Waals surface area contributed by atoms with Gasteiger partial charge in [0.2, 0.25) is 0 Å².